The Bertz CT molecular complexity index is 270. The standard InChI is InChI=1S/C6H10N4O2/c7-2-1-3-10-4-5(6(11)12)8-9-10/h4H,1-3,7H2,(H,11,12). The minimum atomic E-state index is -1.06. The van der Waals surface area contributed by atoms with Gasteiger partial charge in [-0.1, -0.05) is 5.21 Å². The van der Waals surface area contributed by atoms with E-state index >= 15 is 0 Å². The molecular weight excluding hydrogens is 160 g/mol. The highest BCUT2D eigenvalue weighted by molar-refractivity contribution is 5.84. The first-order valence-electron chi connectivity index (χ1n) is 3.57. The van der Waals surface area contributed by atoms with E-state index in [0.717, 1.165) is 6.42 Å². The smallest absolute Gasteiger partial charge is 0.358 e. The van der Waals surface area contributed by atoms with Crippen LogP contribution in [0.5, 0.6) is 0 Å². The number of nitrogens with zero attached hydrogens (tertiary/aromatic N) is 3. The van der Waals surface area contributed by atoms with Gasteiger partial charge < -0.3 is 10.8 Å². The highest BCUT2D eigenvalue weighted by Gasteiger charge is 2.06. The SMILES string of the molecule is NCCCn1cc(C(=O)O)nn1. The first-order valence-corrected chi connectivity index (χ1v) is 3.57. The molecule has 0 atom stereocenters. The Morgan fingerprint density at radius 3 is 3.00 bits per heavy atom. The number of carboxylic acid groups (broad SMARTS) is 1. The number of nitrogens with two attached hydrogens (primary N) is 1. The van der Waals surface area contributed by atoms with Crippen LogP contribution in [0.3, 0.4) is 0 Å². The van der Waals surface area contributed by atoms with Gasteiger partial charge in [-0.05, 0) is 13.0 Å². The van der Waals surface area contributed by atoms with E-state index in [-0.39, 0.29) is 5.69 Å². The fourth-order valence-corrected chi connectivity index (χ4v) is 0.759. The minimum Gasteiger partial charge on any atom is -0.476 e. The maximum atomic E-state index is 10.3. The average molecular weight is 170 g/mol. The van der Waals surface area contributed by atoms with Gasteiger partial charge in [0.1, 0.15) is 0 Å². The summed E-state index contributed by atoms with van der Waals surface area (Å²) < 4.78 is 1.47. The molecular formula is C6H10N4O2. The summed E-state index contributed by atoms with van der Waals surface area (Å²) in [5, 5.41) is 15.5. The summed E-state index contributed by atoms with van der Waals surface area (Å²) >= 11 is 0. The summed E-state index contributed by atoms with van der Waals surface area (Å²) in [6.45, 7) is 1.17. The normalized spacial score (nSPS) is 10.1. The lowest BCUT2D eigenvalue weighted by molar-refractivity contribution is 0.0690. The first kappa shape index (κ1) is 8.66. The van der Waals surface area contributed by atoms with Gasteiger partial charge in [0.25, 0.3) is 0 Å². The molecule has 0 saturated carbocycles. The molecule has 1 aromatic heterocycles. The summed E-state index contributed by atoms with van der Waals surface area (Å²) in [5.74, 6) is -1.06. The third kappa shape index (κ3) is 2.03. The van der Waals surface area contributed by atoms with Gasteiger partial charge in [0.15, 0.2) is 5.69 Å². The molecule has 0 fully saturated rings. The molecule has 0 aliphatic heterocycles. The van der Waals surface area contributed by atoms with Gasteiger partial charge in [-0.3, -0.25) is 4.68 Å². The van der Waals surface area contributed by atoms with Crippen LogP contribution in [0.25, 0.3) is 0 Å². The van der Waals surface area contributed by atoms with Crippen molar-refractivity contribution in [1.82, 2.24) is 15.0 Å². The van der Waals surface area contributed by atoms with E-state index in [9.17, 15) is 4.79 Å². The predicted molar refractivity (Wildman–Crippen MR) is 40.7 cm³/mol. The summed E-state index contributed by atoms with van der Waals surface area (Å²) in [6.07, 6.45) is 2.15. The van der Waals surface area contributed by atoms with Crippen LogP contribution < -0.4 is 5.73 Å². The molecule has 12 heavy (non-hydrogen) atoms. The number of carboxylic acids is 1. The van der Waals surface area contributed by atoms with Crippen LogP contribution in [-0.4, -0.2) is 32.6 Å². The zero-order chi connectivity index (χ0) is 8.97. The van der Waals surface area contributed by atoms with Gasteiger partial charge >= 0.3 is 5.97 Å². The molecule has 0 bridgehead atoms. The largest absolute Gasteiger partial charge is 0.476 e. The molecule has 1 rings (SSSR count). The second-order valence-corrected chi connectivity index (χ2v) is 2.31. The van der Waals surface area contributed by atoms with Crippen LogP contribution in [0.4, 0.5) is 0 Å². The monoisotopic (exact) mass is 170 g/mol. The van der Waals surface area contributed by atoms with Crippen molar-refractivity contribution in [3.63, 3.8) is 0 Å². The molecule has 0 aliphatic carbocycles. The number of aromatic nitrogens is 3. The number of hydrogen-bond acceptors (Lipinski definition) is 4. The molecule has 3 N–H and O–H groups in total. The van der Waals surface area contributed by atoms with E-state index in [0.29, 0.717) is 13.1 Å². The maximum absolute atomic E-state index is 10.3. The van der Waals surface area contributed by atoms with Crippen molar-refractivity contribution in [3.05, 3.63) is 11.9 Å². The van der Waals surface area contributed by atoms with Crippen molar-refractivity contribution in [2.24, 2.45) is 5.73 Å². The number of rotatable bonds is 4. The van der Waals surface area contributed by atoms with Crippen molar-refractivity contribution < 1.29 is 9.90 Å². The summed E-state index contributed by atoms with van der Waals surface area (Å²) in [6, 6.07) is 0. The lowest BCUT2D eigenvalue weighted by atomic mass is 10.4. The first-order chi connectivity index (χ1) is 5.74. The molecule has 0 amide bonds. The van der Waals surface area contributed by atoms with Crippen LogP contribution in [0.1, 0.15) is 16.9 Å². The third-order valence-electron chi connectivity index (χ3n) is 1.35. The van der Waals surface area contributed by atoms with Gasteiger partial charge in [-0.25, -0.2) is 4.79 Å². The second kappa shape index (κ2) is 3.82. The Labute approximate surface area is 69.0 Å². The topological polar surface area (TPSA) is 94.0 Å². The fraction of sp³-hybridized carbons (Fsp3) is 0.500. The minimum absolute atomic E-state index is 0.0352. The zero-order valence-corrected chi connectivity index (χ0v) is 6.47. The van der Waals surface area contributed by atoms with Crippen molar-refractivity contribution >= 4 is 5.97 Å². The Kier molecular flexibility index (Phi) is 2.76. The molecule has 0 aliphatic rings. The van der Waals surface area contributed by atoms with Crippen LogP contribution in [-0.2, 0) is 6.54 Å². The summed E-state index contributed by atoms with van der Waals surface area (Å²) in [5.41, 5.74) is 5.23. The van der Waals surface area contributed by atoms with Gasteiger partial charge in [-0.15, -0.1) is 5.10 Å². The van der Waals surface area contributed by atoms with Gasteiger partial charge in [0.05, 0.1) is 6.20 Å². The molecule has 6 heteroatoms. The lowest BCUT2D eigenvalue weighted by Gasteiger charge is -1.94. The number of carbonyl (C=O) groups is 1. The van der Waals surface area contributed by atoms with E-state index in [1.54, 1.807) is 0 Å². The number of aromatic carboxylic acids is 1. The third-order valence-corrected chi connectivity index (χ3v) is 1.35. The lowest BCUT2D eigenvalue weighted by Crippen LogP contribution is -2.06. The number of aryl methyl sites for hydroxylation is 1. The van der Waals surface area contributed by atoms with E-state index in [4.69, 9.17) is 10.8 Å². The van der Waals surface area contributed by atoms with Crippen molar-refractivity contribution in [1.29, 1.82) is 0 Å². The van der Waals surface area contributed by atoms with Gasteiger partial charge in [-0.2, -0.15) is 0 Å². The zero-order valence-electron chi connectivity index (χ0n) is 6.47. The molecule has 0 aromatic carbocycles. The van der Waals surface area contributed by atoms with Crippen molar-refractivity contribution in [2.75, 3.05) is 6.54 Å². The van der Waals surface area contributed by atoms with E-state index < -0.39 is 5.97 Å². The molecule has 0 unspecified atom stereocenters. The van der Waals surface area contributed by atoms with Gasteiger partial charge in [0, 0.05) is 6.54 Å². The molecule has 0 spiro atoms. The maximum Gasteiger partial charge on any atom is 0.358 e. The van der Waals surface area contributed by atoms with Crippen LogP contribution >= 0.6 is 0 Å². The molecule has 1 aromatic rings. The summed E-state index contributed by atoms with van der Waals surface area (Å²) in [7, 11) is 0. The predicted octanol–water partition coefficient (Wildman–Crippen LogP) is -0.675. The molecule has 1 heterocycles. The molecule has 66 valence electrons. The average Bonchev–Trinajstić information content (AvgIpc) is 2.48. The van der Waals surface area contributed by atoms with E-state index in [2.05, 4.69) is 10.3 Å². The Hall–Kier alpha value is -1.43. The highest BCUT2D eigenvalue weighted by Crippen LogP contribution is 1.93. The van der Waals surface area contributed by atoms with Gasteiger partial charge in [0.2, 0.25) is 0 Å². The van der Waals surface area contributed by atoms with Crippen molar-refractivity contribution in [3.8, 4) is 0 Å². The highest BCUT2D eigenvalue weighted by atomic mass is 16.4. The second-order valence-electron chi connectivity index (χ2n) is 2.31. The van der Waals surface area contributed by atoms with E-state index in [1.165, 1.54) is 10.9 Å². The molecule has 0 saturated heterocycles. The van der Waals surface area contributed by atoms with Crippen LogP contribution in [0, 0.1) is 0 Å². The van der Waals surface area contributed by atoms with Crippen molar-refractivity contribution in [2.45, 2.75) is 13.0 Å². The summed E-state index contributed by atoms with van der Waals surface area (Å²) in [4.78, 5) is 10.3. The van der Waals surface area contributed by atoms with Crippen LogP contribution in [0.15, 0.2) is 6.20 Å². The Balaban J connectivity index is 2.58. The fourth-order valence-electron chi connectivity index (χ4n) is 0.759. The number of hydrogen-bond donors (Lipinski definition) is 2. The quantitative estimate of drug-likeness (QED) is 0.624. The van der Waals surface area contributed by atoms with Crippen LogP contribution in [0.2, 0.25) is 0 Å². The molecule has 0 radical (unpaired) electrons. The van der Waals surface area contributed by atoms with E-state index in [1.807, 2.05) is 0 Å². The Morgan fingerprint density at radius 2 is 2.50 bits per heavy atom. The Morgan fingerprint density at radius 1 is 1.75 bits per heavy atom. The molecule has 6 nitrogen and oxygen atoms in total.